The number of carbonyl (C=O) groups is 2. The minimum atomic E-state index is -0.427. The van der Waals surface area contributed by atoms with E-state index in [1.165, 1.54) is 11.8 Å². The monoisotopic (exact) mass is 466 g/mol. The average molecular weight is 467 g/mol. The second-order valence-electron chi connectivity index (χ2n) is 7.96. The summed E-state index contributed by atoms with van der Waals surface area (Å²) < 4.78 is 10.7. The van der Waals surface area contributed by atoms with Crippen LogP contribution in [-0.4, -0.2) is 53.7 Å². The molecule has 0 spiro atoms. The summed E-state index contributed by atoms with van der Waals surface area (Å²) in [5, 5.41) is 3.52. The van der Waals surface area contributed by atoms with Crippen LogP contribution in [0.5, 0.6) is 11.5 Å². The molecule has 2 heterocycles. The van der Waals surface area contributed by atoms with E-state index >= 15 is 0 Å². The highest BCUT2D eigenvalue weighted by molar-refractivity contribution is 8.14. The van der Waals surface area contributed by atoms with Crippen molar-refractivity contribution in [2.45, 2.75) is 26.4 Å². The zero-order valence-electron chi connectivity index (χ0n) is 19.0. The Kier molecular flexibility index (Phi) is 6.69. The van der Waals surface area contributed by atoms with Crippen molar-refractivity contribution in [1.29, 1.82) is 0 Å². The molecule has 2 aliphatic heterocycles. The minimum Gasteiger partial charge on any atom is -0.493 e. The van der Waals surface area contributed by atoms with Gasteiger partial charge in [-0.2, -0.15) is 4.99 Å². The van der Waals surface area contributed by atoms with Crippen LogP contribution in [0.4, 0.5) is 5.69 Å². The van der Waals surface area contributed by atoms with Crippen LogP contribution in [0.1, 0.15) is 25.0 Å². The fourth-order valence-corrected chi connectivity index (χ4v) is 4.80. The SMILES string of the molecule is COc1cccc(CNC(=O)CSC2=Nc3ccccc3C3=NC(=O)C(C(C)C)N23)c1OC. The predicted molar refractivity (Wildman–Crippen MR) is 129 cm³/mol. The molecule has 172 valence electrons. The number of nitrogens with zero attached hydrogens (tertiary/aromatic N) is 3. The van der Waals surface area contributed by atoms with Crippen molar-refractivity contribution in [3.63, 3.8) is 0 Å². The van der Waals surface area contributed by atoms with Gasteiger partial charge in [-0.25, -0.2) is 4.99 Å². The Labute approximate surface area is 197 Å². The Bertz CT molecular complexity index is 1150. The summed E-state index contributed by atoms with van der Waals surface area (Å²) in [4.78, 5) is 36.3. The first-order chi connectivity index (χ1) is 15.9. The number of aliphatic imine (C=N–C) groups is 2. The maximum atomic E-state index is 12.7. The van der Waals surface area contributed by atoms with Crippen molar-refractivity contribution >= 4 is 40.3 Å². The number of para-hydroxylation sites is 2. The zero-order chi connectivity index (χ0) is 23.5. The molecule has 2 aromatic rings. The molecule has 33 heavy (non-hydrogen) atoms. The normalized spacial score (nSPS) is 16.7. The van der Waals surface area contributed by atoms with E-state index < -0.39 is 6.04 Å². The molecule has 0 fully saturated rings. The topological polar surface area (TPSA) is 92.6 Å². The van der Waals surface area contributed by atoms with Gasteiger partial charge in [-0.05, 0) is 24.1 Å². The van der Waals surface area contributed by atoms with E-state index in [9.17, 15) is 9.59 Å². The Morgan fingerprint density at radius 2 is 1.91 bits per heavy atom. The Morgan fingerprint density at radius 1 is 1.12 bits per heavy atom. The molecule has 0 aliphatic carbocycles. The Balaban J connectivity index is 1.48. The van der Waals surface area contributed by atoms with Crippen LogP contribution >= 0.6 is 11.8 Å². The van der Waals surface area contributed by atoms with Crippen molar-refractivity contribution < 1.29 is 19.1 Å². The van der Waals surface area contributed by atoms with Gasteiger partial charge in [0, 0.05) is 17.7 Å². The number of rotatable bonds is 7. The van der Waals surface area contributed by atoms with Gasteiger partial charge in [0.25, 0.3) is 5.91 Å². The smallest absolute Gasteiger partial charge is 0.271 e. The number of benzene rings is 2. The van der Waals surface area contributed by atoms with Gasteiger partial charge in [0.15, 0.2) is 16.7 Å². The summed E-state index contributed by atoms with van der Waals surface area (Å²) in [5.41, 5.74) is 2.39. The maximum Gasteiger partial charge on any atom is 0.271 e. The second kappa shape index (κ2) is 9.66. The molecule has 1 unspecified atom stereocenters. The quantitative estimate of drug-likeness (QED) is 0.673. The van der Waals surface area contributed by atoms with Crippen molar-refractivity contribution in [1.82, 2.24) is 10.2 Å². The summed E-state index contributed by atoms with van der Waals surface area (Å²) in [5.74, 6) is 1.67. The maximum absolute atomic E-state index is 12.7. The van der Waals surface area contributed by atoms with Gasteiger partial charge in [-0.1, -0.05) is 49.9 Å². The number of fused-ring (bicyclic) bond motifs is 3. The number of thioether (sulfide) groups is 1. The number of amides is 2. The van der Waals surface area contributed by atoms with E-state index in [2.05, 4.69) is 10.3 Å². The first-order valence-corrected chi connectivity index (χ1v) is 11.6. The average Bonchev–Trinajstić information content (AvgIpc) is 3.18. The summed E-state index contributed by atoms with van der Waals surface area (Å²) in [6.07, 6.45) is 0. The first-order valence-electron chi connectivity index (χ1n) is 10.6. The number of nitrogens with one attached hydrogen (secondary N) is 1. The molecule has 0 radical (unpaired) electrons. The molecule has 9 heteroatoms. The molecule has 2 aromatic carbocycles. The molecule has 0 bridgehead atoms. The molecule has 2 aliphatic rings. The van der Waals surface area contributed by atoms with Crippen LogP contribution in [0.2, 0.25) is 0 Å². The highest BCUT2D eigenvalue weighted by Crippen LogP contribution is 2.36. The van der Waals surface area contributed by atoms with Crippen molar-refractivity contribution in [3.8, 4) is 11.5 Å². The number of ether oxygens (including phenoxy) is 2. The number of methoxy groups -OCH3 is 2. The van der Waals surface area contributed by atoms with Gasteiger partial charge in [0.05, 0.1) is 25.7 Å². The van der Waals surface area contributed by atoms with Gasteiger partial charge in [-0.15, -0.1) is 0 Å². The van der Waals surface area contributed by atoms with Gasteiger partial charge >= 0.3 is 0 Å². The van der Waals surface area contributed by atoms with Crippen LogP contribution in [0.3, 0.4) is 0 Å². The largest absolute Gasteiger partial charge is 0.493 e. The van der Waals surface area contributed by atoms with Gasteiger partial charge < -0.3 is 14.8 Å². The molecular weight excluding hydrogens is 440 g/mol. The minimum absolute atomic E-state index is 0.0455. The van der Waals surface area contributed by atoms with E-state index in [1.54, 1.807) is 20.3 Å². The van der Waals surface area contributed by atoms with E-state index in [0.717, 1.165) is 16.8 Å². The van der Waals surface area contributed by atoms with Crippen LogP contribution in [0.15, 0.2) is 52.4 Å². The number of hydrogen-bond donors (Lipinski definition) is 1. The molecule has 8 nitrogen and oxygen atoms in total. The molecule has 1 N–H and O–H groups in total. The Morgan fingerprint density at radius 3 is 2.64 bits per heavy atom. The molecule has 4 rings (SSSR count). The lowest BCUT2D eigenvalue weighted by atomic mass is 10.0. The van der Waals surface area contributed by atoms with E-state index in [4.69, 9.17) is 14.5 Å². The molecule has 0 aromatic heterocycles. The van der Waals surface area contributed by atoms with E-state index in [1.807, 2.05) is 55.1 Å². The molecule has 1 atom stereocenters. The molecule has 2 amide bonds. The number of carbonyl (C=O) groups excluding carboxylic acids is 2. The molecular formula is C24H26N4O4S. The summed E-state index contributed by atoms with van der Waals surface area (Å²) >= 11 is 1.30. The lowest BCUT2D eigenvalue weighted by Crippen LogP contribution is -2.46. The predicted octanol–water partition coefficient (Wildman–Crippen LogP) is 3.37. The summed E-state index contributed by atoms with van der Waals surface area (Å²) in [6.45, 7) is 4.27. The molecule has 0 saturated carbocycles. The van der Waals surface area contributed by atoms with Crippen molar-refractivity contribution in [2.75, 3.05) is 20.0 Å². The fourth-order valence-electron chi connectivity index (χ4n) is 3.94. The lowest BCUT2D eigenvalue weighted by Gasteiger charge is -2.32. The van der Waals surface area contributed by atoms with Crippen LogP contribution < -0.4 is 14.8 Å². The van der Waals surface area contributed by atoms with Crippen LogP contribution in [0.25, 0.3) is 0 Å². The molecule has 0 saturated heterocycles. The van der Waals surface area contributed by atoms with Crippen LogP contribution in [-0.2, 0) is 16.1 Å². The fraction of sp³-hybridized carbons (Fsp3) is 0.333. The third kappa shape index (κ3) is 4.45. The number of hydrogen-bond acceptors (Lipinski definition) is 7. The second-order valence-corrected chi connectivity index (χ2v) is 8.90. The van der Waals surface area contributed by atoms with E-state index in [0.29, 0.717) is 29.0 Å². The van der Waals surface area contributed by atoms with Gasteiger partial charge in [0.2, 0.25) is 5.91 Å². The summed E-state index contributed by atoms with van der Waals surface area (Å²) in [6, 6.07) is 12.7. The van der Waals surface area contributed by atoms with Crippen LogP contribution in [0, 0.1) is 5.92 Å². The van der Waals surface area contributed by atoms with Crippen molar-refractivity contribution in [3.05, 3.63) is 53.6 Å². The standard InChI is InChI=1S/C24H26N4O4S/c1-14(2)20-23(30)27-22-16-9-5-6-10-17(16)26-24(28(20)22)33-13-19(29)25-12-15-8-7-11-18(31-3)21(15)32-4/h5-11,14,20H,12-13H2,1-4H3,(H,25,29). The highest BCUT2D eigenvalue weighted by Gasteiger charge is 2.43. The van der Waals surface area contributed by atoms with Gasteiger partial charge in [0.1, 0.15) is 11.9 Å². The first kappa shape index (κ1) is 22.8. The third-order valence-corrected chi connectivity index (χ3v) is 6.42. The van der Waals surface area contributed by atoms with E-state index in [-0.39, 0.29) is 23.5 Å². The summed E-state index contributed by atoms with van der Waals surface area (Å²) in [7, 11) is 3.14. The Hall–Kier alpha value is -3.33. The highest BCUT2D eigenvalue weighted by atomic mass is 32.2. The lowest BCUT2D eigenvalue weighted by molar-refractivity contribution is -0.120. The third-order valence-electron chi connectivity index (χ3n) is 5.47. The zero-order valence-corrected chi connectivity index (χ0v) is 19.8. The van der Waals surface area contributed by atoms with Crippen molar-refractivity contribution in [2.24, 2.45) is 15.9 Å². The van der Waals surface area contributed by atoms with Gasteiger partial charge in [-0.3, -0.25) is 14.5 Å². The number of amidine groups is 2.